The normalized spacial score (nSPS) is 15.8. The van der Waals surface area contributed by atoms with Gasteiger partial charge in [-0.05, 0) is 63.1 Å². The van der Waals surface area contributed by atoms with Crippen LogP contribution in [0.4, 0.5) is 0 Å². The summed E-state index contributed by atoms with van der Waals surface area (Å²) in [5, 5.41) is 4.80. The van der Waals surface area contributed by atoms with Gasteiger partial charge in [0.05, 0.1) is 10.7 Å². The Morgan fingerprint density at radius 2 is 1.95 bits per heavy atom. The Morgan fingerprint density at radius 1 is 1.19 bits per heavy atom. The topological polar surface area (TPSA) is 24.9 Å². The quantitative estimate of drug-likeness (QED) is 0.900. The number of hydrogen-bond donors (Lipinski definition) is 1. The molecule has 0 fully saturated rings. The molecule has 1 aromatic carbocycles. The molecule has 0 amide bonds. The lowest BCUT2D eigenvalue weighted by molar-refractivity contribution is 0.574. The van der Waals surface area contributed by atoms with Crippen molar-refractivity contribution in [1.29, 1.82) is 0 Å². The van der Waals surface area contributed by atoms with Crippen molar-refractivity contribution in [1.82, 2.24) is 10.3 Å². The number of benzene rings is 1. The number of aryl methyl sites for hydroxylation is 4. The molecule has 1 heterocycles. The molecule has 1 aliphatic rings. The Morgan fingerprint density at radius 3 is 2.67 bits per heavy atom. The molecule has 0 saturated heterocycles. The van der Waals surface area contributed by atoms with Crippen LogP contribution in [0.5, 0.6) is 0 Å². The van der Waals surface area contributed by atoms with Crippen molar-refractivity contribution in [2.75, 3.05) is 0 Å². The van der Waals surface area contributed by atoms with Crippen LogP contribution in [0.2, 0.25) is 0 Å². The molecule has 3 rings (SSSR count). The van der Waals surface area contributed by atoms with Gasteiger partial charge in [0.15, 0.2) is 0 Å². The average Bonchev–Trinajstić information content (AvgIpc) is 2.82. The minimum atomic E-state index is 0.388. The summed E-state index contributed by atoms with van der Waals surface area (Å²) in [5.74, 6) is 0. The molecule has 0 aliphatic heterocycles. The van der Waals surface area contributed by atoms with Gasteiger partial charge in [-0.25, -0.2) is 4.98 Å². The fraction of sp³-hybridized carbons (Fsp3) is 0.500. The fourth-order valence-corrected chi connectivity index (χ4v) is 4.01. The number of hydrogen-bond acceptors (Lipinski definition) is 3. The zero-order chi connectivity index (χ0) is 14.8. The highest BCUT2D eigenvalue weighted by molar-refractivity contribution is 7.11. The third-order valence-corrected chi connectivity index (χ3v) is 5.51. The summed E-state index contributed by atoms with van der Waals surface area (Å²) >= 11 is 1.80. The van der Waals surface area contributed by atoms with Gasteiger partial charge in [0.1, 0.15) is 0 Å². The van der Waals surface area contributed by atoms with E-state index in [9.17, 15) is 0 Å². The maximum Gasteiger partial charge on any atom is 0.0900 e. The van der Waals surface area contributed by atoms with E-state index in [0.717, 1.165) is 11.6 Å². The molecular formula is C18H24N2S. The van der Waals surface area contributed by atoms with Crippen LogP contribution in [-0.2, 0) is 19.4 Å². The Balaban J connectivity index is 1.67. The third-order valence-electron chi connectivity index (χ3n) is 4.44. The lowest BCUT2D eigenvalue weighted by atomic mass is 9.89. The van der Waals surface area contributed by atoms with E-state index in [2.05, 4.69) is 49.3 Å². The standard InChI is InChI=1S/C18H24N2S/c1-12(19-11-18-13(2)20-14(3)21-18)16-9-8-15-6-4-5-7-17(15)10-16/h8-10,12,19H,4-7,11H2,1-3H3. The van der Waals surface area contributed by atoms with Crippen molar-refractivity contribution in [3.63, 3.8) is 0 Å². The molecule has 3 heteroatoms. The molecule has 2 nitrogen and oxygen atoms in total. The van der Waals surface area contributed by atoms with Gasteiger partial charge >= 0.3 is 0 Å². The maximum atomic E-state index is 4.50. The van der Waals surface area contributed by atoms with Crippen LogP contribution in [-0.4, -0.2) is 4.98 Å². The molecule has 21 heavy (non-hydrogen) atoms. The first-order valence-electron chi connectivity index (χ1n) is 7.91. The number of nitrogens with zero attached hydrogens (tertiary/aromatic N) is 1. The Kier molecular flexibility index (Phi) is 4.41. The SMILES string of the molecule is Cc1nc(C)c(CNC(C)c2ccc3c(c2)CCCC3)s1. The van der Waals surface area contributed by atoms with E-state index in [-0.39, 0.29) is 0 Å². The van der Waals surface area contributed by atoms with Gasteiger partial charge in [0, 0.05) is 17.5 Å². The van der Waals surface area contributed by atoms with Crippen molar-refractivity contribution in [2.24, 2.45) is 0 Å². The molecule has 0 saturated carbocycles. The van der Waals surface area contributed by atoms with Gasteiger partial charge in [-0.1, -0.05) is 18.2 Å². The van der Waals surface area contributed by atoms with E-state index in [1.807, 2.05) is 0 Å². The number of rotatable bonds is 4. The lowest BCUT2D eigenvalue weighted by Gasteiger charge is -2.20. The van der Waals surface area contributed by atoms with Crippen molar-refractivity contribution in [3.8, 4) is 0 Å². The van der Waals surface area contributed by atoms with Gasteiger partial charge in [-0.15, -0.1) is 11.3 Å². The van der Waals surface area contributed by atoms with E-state index in [1.165, 1.54) is 41.8 Å². The van der Waals surface area contributed by atoms with Crippen molar-refractivity contribution in [2.45, 2.75) is 59.0 Å². The van der Waals surface area contributed by atoms with Crippen LogP contribution in [0.25, 0.3) is 0 Å². The summed E-state index contributed by atoms with van der Waals surface area (Å²) in [5.41, 5.74) is 5.71. The minimum Gasteiger partial charge on any atom is -0.305 e. The predicted molar refractivity (Wildman–Crippen MR) is 89.9 cm³/mol. The Bertz CT molecular complexity index is 630. The van der Waals surface area contributed by atoms with E-state index in [4.69, 9.17) is 0 Å². The molecule has 1 aliphatic carbocycles. The molecule has 0 spiro atoms. The summed E-state index contributed by atoms with van der Waals surface area (Å²) in [6.07, 6.45) is 5.21. The van der Waals surface area contributed by atoms with E-state index in [1.54, 1.807) is 22.5 Å². The second kappa shape index (κ2) is 6.29. The average molecular weight is 300 g/mol. The number of fused-ring (bicyclic) bond motifs is 1. The van der Waals surface area contributed by atoms with Crippen molar-refractivity contribution >= 4 is 11.3 Å². The zero-order valence-corrected chi connectivity index (χ0v) is 14.0. The predicted octanol–water partition coefficient (Wildman–Crippen LogP) is 4.49. The van der Waals surface area contributed by atoms with E-state index < -0.39 is 0 Å². The zero-order valence-electron chi connectivity index (χ0n) is 13.2. The van der Waals surface area contributed by atoms with Gasteiger partial charge in [-0.2, -0.15) is 0 Å². The second-order valence-corrected chi connectivity index (χ2v) is 7.37. The number of thiazole rings is 1. The summed E-state index contributed by atoms with van der Waals surface area (Å²) in [7, 11) is 0. The first-order chi connectivity index (χ1) is 10.1. The summed E-state index contributed by atoms with van der Waals surface area (Å²) in [4.78, 5) is 5.86. The lowest BCUT2D eigenvalue weighted by Crippen LogP contribution is -2.18. The minimum absolute atomic E-state index is 0.388. The van der Waals surface area contributed by atoms with Crippen LogP contribution in [0.3, 0.4) is 0 Å². The largest absolute Gasteiger partial charge is 0.305 e. The number of aromatic nitrogens is 1. The molecule has 1 aromatic heterocycles. The monoisotopic (exact) mass is 300 g/mol. The molecule has 112 valence electrons. The molecule has 0 bridgehead atoms. The highest BCUT2D eigenvalue weighted by atomic mass is 32.1. The van der Waals surface area contributed by atoms with Gasteiger partial charge < -0.3 is 5.32 Å². The van der Waals surface area contributed by atoms with Gasteiger partial charge in [0.2, 0.25) is 0 Å². The summed E-state index contributed by atoms with van der Waals surface area (Å²) in [6.45, 7) is 7.35. The Labute approximate surface area is 131 Å². The molecule has 0 radical (unpaired) electrons. The Hall–Kier alpha value is -1.19. The smallest absolute Gasteiger partial charge is 0.0900 e. The van der Waals surface area contributed by atoms with E-state index >= 15 is 0 Å². The van der Waals surface area contributed by atoms with Crippen LogP contribution in [0, 0.1) is 13.8 Å². The van der Waals surface area contributed by atoms with E-state index in [0.29, 0.717) is 6.04 Å². The highest BCUT2D eigenvalue weighted by Crippen LogP contribution is 2.25. The first kappa shape index (κ1) is 14.7. The van der Waals surface area contributed by atoms with Crippen LogP contribution in [0.1, 0.15) is 58.1 Å². The van der Waals surface area contributed by atoms with Crippen LogP contribution in [0.15, 0.2) is 18.2 Å². The summed E-state index contributed by atoms with van der Waals surface area (Å²) in [6, 6.07) is 7.44. The molecule has 1 N–H and O–H groups in total. The first-order valence-corrected chi connectivity index (χ1v) is 8.73. The number of nitrogens with one attached hydrogen (secondary N) is 1. The highest BCUT2D eigenvalue weighted by Gasteiger charge is 2.13. The molecule has 1 unspecified atom stereocenters. The molecule has 1 atom stereocenters. The van der Waals surface area contributed by atoms with Gasteiger partial charge in [0.25, 0.3) is 0 Å². The van der Waals surface area contributed by atoms with Crippen LogP contribution >= 0.6 is 11.3 Å². The van der Waals surface area contributed by atoms with Crippen LogP contribution < -0.4 is 5.32 Å². The second-order valence-electron chi connectivity index (χ2n) is 6.08. The summed E-state index contributed by atoms with van der Waals surface area (Å²) < 4.78 is 0. The molecule has 2 aromatic rings. The van der Waals surface area contributed by atoms with Gasteiger partial charge in [-0.3, -0.25) is 0 Å². The maximum absolute atomic E-state index is 4.50. The van der Waals surface area contributed by atoms with Crippen molar-refractivity contribution < 1.29 is 0 Å². The molecular weight excluding hydrogens is 276 g/mol. The fourth-order valence-electron chi connectivity index (χ4n) is 3.12. The third kappa shape index (κ3) is 3.35. The van der Waals surface area contributed by atoms with Crippen molar-refractivity contribution in [3.05, 3.63) is 50.5 Å².